The number of para-hydroxylation sites is 1. The minimum absolute atomic E-state index is 0.583. The van der Waals surface area contributed by atoms with Gasteiger partial charge in [-0.1, -0.05) is 170 Å². The van der Waals surface area contributed by atoms with Crippen molar-refractivity contribution in [2.24, 2.45) is 0 Å². The van der Waals surface area contributed by atoms with Crippen molar-refractivity contribution in [1.82, 2.24) is 19.5 Å². The second-order valence-corrected chi connectivity index (χ2v) is 15.2. The van der Waals surface area contributed by atoms with Crippen LogP contribution in [0.1, 0.15) is 0 Å². The van der Waals surface area contributed by atoms with Gasteiger partial charge in [0.2, 0.25) is 0 Å². The number of aromatic nitrogens is 4. The molecule has 0 unspecified atom stereocenters. The van der Waals surface area contributed by atoms with Gasteiger partial charge in [0.05, 0.1) is 11.0 Å². The fourth-order valence-electron chi connectivity index (χ4n) is 8.79. The molecule has 280 valence electrons. The molecule has 0 aliphatic carbocycles. The predicted molar refractivity (Wildman–Crippen MR) is 246 cm³/mol. The van der Waals surface area contributed by atoms with Gasteiger partial charge in [-0.25, -0.2) is 15.0 Å². The highest BCUT2D eigenvalue weighted by Gasteiger charge is 2.21. The highest BCUT2D eigenvalue weighted by atomic mass is 16.3. The van der Waals surface area contributed by atoms with Crippen molar-refractivity contribution < 1.29 is 4.42 Å². The minimum Gasteiger partial charge on any atom is -0.455 e. The molecule has 5 heteroatoms. The van der Waals surface area contributed by atoms with E-state index in [4.69, 9.17) is 19.4 Å². The van der Waals surface area contributed by atoms with Crippen molar-refractivity contribution in [2.75, 3.05) is 0 Å². The van der Waals surface area contributed by atoms with Gasteiger partial charge < -0.3 is 8.98 Å². The SMILES string of the molecule is c1ccc(-c2ccc3c4ccccc4n(-c4cc(-c5cccc6ccccc56)c5oc6cc(-c7nc(-c8ccccc8)nc(-c8ccccc8)n7)ccc6c5c4)c3c2)cc1. The third-order valence-electron chi connectivity index (χ3n) is 11.6. The first kappa shape index (κ1) is 33.9. The molecule has 12 aromatic rings. The van der Waals surface area contributed by atoms with Crippen LogP contribution in [0, 0.1) is 0 Å². The Kier molecular flexibility index (Phi) is 7.78. The quantitative estimate of drug-likeness (QED) is 0.169. The first-order chi connectivity index (χ1) is 29.7. The molecular formula is C55H34N4O. The predicted octanol–water partition coefficient (Wildman–Crippen LogP) is 14.4. The van der Waals surface area contributed by atoms with Crippen molar-refractivity contribution in [3.63, 3.8) is 0 Å². The number of fused-ring (bicyclic) bond motifs is 7. The first-order valence-electron chi connectivity index (χ1n) is 20.2. The first-order valence-corrected chi connectivity index (χ1v) is 20.2. The van der Waals surface area contributed by atoms with E-state index in [0.717, 1.165) is 66.5 Å². The Bertz CT molecular complexity index is 3530. The maximum atomic E-state index is 7.02. The van der Waals surface area contributed by atoms with E-state index >= 15 is 0 Å². The summed E-state index contributed by atoms with van der Waals surface area (Å²) in [6, 6.07) is 72.3. The van der Waals surface area contributed by atoms with Crippen LogP contribution in [0.4, 0.5) is 0 Å². The van der Waals surface area contributed by atoms with E-state index in [2.05, 4.69) is 150 Å². The van der Waals surface area contributed by atoms with Crippen molar-refractivity contribution >= 4 is 54.5 Å². The van der Waals surface area contributed by atoms with Crippen LogP contribution in [0.3, 0.4) is 0 Å². The summed E-state index contributed by atoms with van der Waals surface area (Å²) in [4.78, 5) is 15.0. The summed E-state index contributed by atoms with van der Waals surface area (Å²) in [5.41, 5.74) is 12.2. The summed E-state index contributed by atoms with van der Waals surface area (Å²) in [6.45, 7) is 0. The van der Waals surface area contributed by atoms with Crippen LogP contribution in [0.15, 0.2) is 211 Å². The Labute approximate surface area is 345 Å². The summed E-state index contributed by atoms with van der Waals surface area (Å²) >= 11 is 0. The lowest BCUT2D eigenvalue weighted by atomic mass is 9.96. The number of rotatable bonds is 6. The van der Waals surface area contributed by atoms with Crippen molar-refractivity contribution in [3.8, 4) is 62.1 Å². The molecule has 0 saturated heterocycles. The molecule has 0 saturated carbocycles. The van der Waals surface area contributed by atoms with E-state index in [1.54, 1.807) is 0 Å². The minimum atomic E-state index is 0.583. The highest BCUT2D eigenvalue weighted by molar-refractivity contribution is 6.15. The van der Waals surface area contributed by atoms with Gasteiger partial charge in [-0.15, -0.1) is 0 Å². The third kappa shape index (κ3) is 5.59. The Morgan fingerprint density at radius 1 is 0.333 bits per heavy atom. The number of furan rings is 1. The summed E-state index contributed by atoms with van der Waals surface area (Å²) in [5, 5.41) is 6.81. The number of benzene rings is 9. The van der Waals surface area contributed by atoms with Crippen LogP contribution < -0.4 is 0 Å². The summed E-state index contributed by atoms with van der Waals surface area (Å²) in [7, 11) is 0. The lowest BCUT2D eigenvalue weighted by Crippen LogP contribution is -2.00. The topological polar surface area (TPSA) is 56.7 Å². The van der Waals surface area contributed by atoms with E-state index in [1.165, 1.54) is 32.7 Å². The van der Waals surface area contributed by atoms with E-state index in [1.807, 2.05) is 60.7 Å². The van der Waals surface area contributed by atoms with Crippen LogP contribution in [-0.4, -0.2) is 19.5 Å². The van der Waals surface area contributed by atoms with Gasteiger partial charge in [0.15, 0.2) is 17.5 Å². The van der Waals surface area contributed by atoms with E-state index in [9.17, 15) is 0 Å². The van der Waals surface area contributed by atoms with Crippen LogP contribution in [-0.2, 0) is 0 Å². The summed E-state index contributed by atoms with van der Waals surface area (Å²) < 4.78 is 9.44. The molecule has 12 rings (SSSR count). The molecule has 0 radical (unpaired) electrons. The normalized spacial score (nSPS) is 11.7. The van der Waals surface area contributed by atoms with Crippen LogP contribution in [0.2, 0.25) is 0 Å². The van der Waals surface area contributed by atoms with Gasteiger partial charge in [-0.05, 0) is 63.9 Å². The molecule has 0 amide bonds. The fourth-order valence-corrected chi connectivity index (χ4v) is 8.79. The zero-order valence-corrected chi connectivity index (χ0v) is 32.3. The van der Waals surface area contributed by atoms with Gasteiger partial charge in [-0.3, -0.25) is 0 Å². The second kappa shape index (κ2) is 13.8. The van der Waals surface area contributed by atoms with Gasteiger partial charge in [0.1, 0.15) is 11.2 Å². The van der Waals surface area contributed by atoms with Gasteiger partial charge >= 0.3 is 0 Å². The average Bonchev–Trinajstić information content (AvgIpc) is 3.87. The molecule has 0 aliphatic heterocycles. The highest BCUT2D eigenvalue weighted by Crippen LogP contribution is 2.43. The summed E-state index contributed by atoms with van der Waals surface area (Å²) in [6.07, 6.45) is 0. The summed E-state index contributed by atoms with van der Waals surface area (Å²) in [5.74, 6) is 1.82. The molecule has 3 heterocycles. The number of hydrogen-bond acceptors (Lipinski definition) is 4. The zero-order valence-electron chi connectivity index (χ0n) is 32.3. The Morgan fingerprint density at radius 2 is 0.900 bits per heavy atom. The molecule has 0 fully saturated rings. The fraction of sp³-hybridized carbons (Fsp3) is 0. The Balaban J connectivity index is 1.12. The Hall–Kier alpha value is -8.15. The molecule has 9 aromatic carbocycles. The van der Waals surface area contributed by atoms with Crippen LogP contribution in [0.5, 0.6) is 0 Å². The molecule has 0 aliphatic rings. The largest absolute Gasteiger partial charge is 0.455 e. The molecular weight excluding hydrogens is 733 g/mol. The lowest BCUT2D eigenvalue weighted by molar-refractivity contribution is 0.670. The monoisotopic (exact) mass is 766 g/mol. The standard InChI is InChI=1S/C55H34N4O/c1-4-15-35(16-5-1)39-27-29-45-44-24-12-13-26-49(44)59(50(45)31-39)41-33-47(43-25-14-22-36-17-10-11-23-42(36)43)52-48(34-41)46-30-28-40(32-51(46)60-52)55-57-53(37-18-6-2-7-19-37)56-54(58-55)38-20-8-3-9-21-38/h1-34H. The second-order valence-electron chi connectivity index (χ2n) is 15.2. The molecule has 60 heavy (non-hydrogen) atoms. The molecule has 0 bridgehead atoms. The lowest BCUT2D eigenvalue weighted by Gasteiger charge is -2.13. The average molecular weight is 767 g/mol. The molecule has 0 spiro atoms. The molecule has 0 N–H and O–H groups in total. The number of hydrogen-bond donors (Lipinski definition) is 0. The van der Waals surface area contributed by atoms with Gasteiger partial charge in [0.25, 0.3) is 0 Å². The number of nitrogens with zero attached hydrogens (tertiary/aromatic N) is 4. The molecule has 3 aromatic heterocycles. The van der Waals surface area contributed by atoms with Crippen molar-refractivity contribution in [1.29, 1.82) is 0 Å². The van der Waals surface area contributed by atoms with E-state index in [0.29, 0.717) is 17.5 Å². The molecule has 5 nitrogen and oxygen atoms in total. The van der Waals surface area contributed by atoms with E-state index in [-0.39, 0.29) is 0 Å². The molecule has 0 atom stereocenters. The van der Waals surface area contributed by atoms with Crippen LogP contribution >= 0.6 is 0 Å². The maximum absolute atomic E-state index is 7.02. The third-order valence-corrected chi connectivity index (χ3v) is 11.6. The van der Waals surface area contributed by atoms with E-state index < -0.39 is 0 Å². The van der Waals surface area contributed by atoms with Crippen LogP contribution in [0.25, 0.3) is 117 Å². The van der Waals surface area contributed by atoms with Crippen molar-refractivity contribution in [2.45, 2.75) is 0 Å². The van der Waals surface area contributed by atoms with Crippen molar-refractivity contribution in [3.05, 3.63) is 206 Å². The van der Waals surface area contributed by atoms with Gasteiger partial charge in [-0.2, -0.15) is 0 Å². The smallest absolute Gasteiger partial charge is 0.164 e. The van der Waals surface area contributed by atoms with Gasteiger partial charge in [0, 0.05) is 49.5 Å². The maximum Gasteiger partial charge on any atom is 0.164 e. The zero-order chi connectivity index (χ0) is 39.6. The Morgan fingerprint density at radius 3 is 1.63 bits per heavy atom.